The smallest absolute Gasteiger partial charge is 0.355 e. The third kappa shape index (κ3) is 3.28. The Balaban J connectivity index is 1.61. The summed E-state index contributed by atoms with van der Waals surface area (Å²) in [6.07, 6.45) is 0.147. The van der Waals surface area contributed by atoms with Crippen LogP contribution in [0.4, 0.5) is 0 Å². The molecule has 4 aromatic rings. The van der Waals surface area contributed by atoms with Crippen molar-refractivity contribution in [3.8, 4) is 11.4 Å². The Morgan fingerprint density at radius 2 is 1.86 bits per heavy atom. The van der Waals surface area contributed by atoms with Gasteiger partial charge in [0, 0.05) is 33.2 Å². The summed E-state index contributed by atoms with van der Waals surface area (Å²) in [6, 6.07) is 19.8. The van der Waals surface area contributed by atoms with Crippen LogP contribution in [0.3, 0.4) is 0 Å². The van der Waals surface area contributed by atoms with Crippen LogP contribution in [0.15, 0.2) is 75.2 Å². The first-order chi connectivity index (χ1) is 17.4. The van der Waals surface area contributed by atoms with E-state index in [0.29, 0.717) is 29.1 Å². The van der Waals surface area contributed by atoms with Crippen molar-refractivity contribution in [2.45, 2.75) is 48.8 Å². The molecule has 6 rings (SSSR count). The predicted octanol–water partition coefficient (Wildman–Crippen LogP) is 4.80. The summed E-state index contributed by atoms with van der Waals surface area (Å²) in [5.41, 5.74) is 1.85. The van der Waals surface area contributed by atoms with E-state index in [0.717, 1.165) is 26.3 Å². The van der Waals surface area contributed by atoms with E-state index < -0.39 is 17.5 Å². The highest BCUT2D eigenvalue weighted by Crippen LogP contribution is 2.45. The second-order valence-corrected chi connectivity index (χ2v) is 9.95. The molecule has 2 aliphatic heterocycles. The number of aromatic nitrogens is 2. The van der Waals surface area contributed by atoms with Crippen LogP contribution in [0.2, 0.25) is 0 Å². The lowest BCUT2D eigenvalue weighted by molar-refractivity contribution is -0.188. The first-order valence-electron chi connectivity index (χ1n) is 11.7. The van der Waals surface area contributed by atoms with Gasteiger partial charge in [-0.1, -0.05) is 55.1 Å². The maximum Gasteiger partial charge on any atom is 0.355 e. The third-order valence-corrected chi connectivity index (χ3v) is 7.97. The van der Waals surface area contributed by atoms with Crippen molar-refractivity contribution < 1.29 is 19.1 Å². The molecule has 2 aromatic carbocycles. The molecule has 0 spiro atoms. The Morgan fingerprint density at radius 3 is 2.61 bits per heavy atom. The Bertz CT molecular complexity index is 1630. The Labute approximate surface area is 211 Å². The fraction of sp³-hybridized carbons (Fsp3) is 0.214. The Kier molecular flexibility index (Phi) is 5.22. The predicted molar refractivity (Wildman–Crippen MR) is 135 cm³/mol. The SMILES string of the molecule is CC[C@@]1(OC(C)=O)C(=O)OCc2c1cc1n(c2=O)Cc2c-1nc1ccccc1c2Sc1ccccc1. The molecule has 7 nitrogen and oxygen atoms in total. The maximum absolute atomic E-state index is 13.7. The van der Waals surface area contributed by atoms with Crippen molar-refractivity contribution in [3.63, 3.8) is 0 Å². The van der Waals surface area contributed by atoms with E-state index in [1.54, 1.807) is 29.3 Å². The van der Waals surface area contributed by atoms with Crippen molar-refractivity contribution in [1.29, 1.82) is 0 Å². The molecule has 2 aliphatic rings. The second kappa shape index (κ2) is 8.34. The summed E-state index contributed by atoms with van der Waals surface area (Å²) in [4.78, 5) is 45.7. The van der Waals surface area contributed by atoms with Gasteiger partial charge in [0.2, 0.25) is 5.60 Å². The summed E-state index contributed by atoms with van der Waals surface area (Å²) >= 11 is 1.64. The highest BCUT2D eigenvalue weighted by atomic mass is 32.2. The molecular weight excluding hydrogens is 476 g/mol. The van der Waals surface area contributed by atoms with Gasteiger partial charge in [0.15, 0.2) is 0 Å². The van der Waals surface area contributed by atoms with Gasteiger partial charge in [-0.3, -0.25) is 9.59 Å². The van der Waals surface area contributed by atoms with Gasteiger partial charge in [0.05, 0.1) is 29.0 Å². The summed E-state index contributed by atoms with van der Waals surface area (Å²) in [5.74, 6) is -1.28. The first kappa shape index (κ1) is 22.5. The number of hydrogen-bond acceptors (Lipinski definition) is 7. The van der Waals surface area contributed by atoms with Crippen molar-refractivity contribution in [2.75, 3.05) is 0 Å². The van der Waals surface area contributed by atoms with Gasteiger partial charge in [0.25, 0.3) is 5.56 Å². The van der Waals surface area contributed by atoms with Crippen LogP contribution in [0.1, 0.15) is 37.0 Å². The zero-order chi connectivity index (χ0) is 25.0. The number of benzene rings is 2. The number of pyridine rings is 2. The fourth-order valence-corrected chi connectivity index (χ4v) is 6.21. The summed E-state index contributed by atoms with van der Waals surface area (Å²) in [6.45, 7) is 3.17. The van der Waals surface area contributed by atoms with Crippen LogP contribution in [0, 0.1) is 0 Å². The Hall–Kier alpha value is -3.91. The lowest BCUT2D eigenvalue weighted by atomic mass is 9.85. The number of carbonyl (C=O) groups excluding carboxylic acids is 2. The standard InChI is InChI=1S/C28H22N2O5S/c1-3-28(35-16(2)31)21-13-23-24-19(14-30(23)26(32)20(21)15-34-27(28)33)25(36-17-9-5-4-6-10-17)18-11-7-8-12-22(18)29-24/h4-13H,3,14-15H2,1-2H3/t28-/m0/s1. The molecule has 0 aliphatic carbocycles. The van der Waals surface area contributed by atoms with Crippen molar-refractivity contribution in [3.05, 3.63) is 87.7 Å². The monoisotopic (exact) mass is 498 g/mol. The number of ether oxygens (including phenoxy) is 2. The van der Waals surface area contributed by atoms with Crippen molar-refractivity contribution in [1.82, 2.24) is 9.55 Å². The zero-order valence-electron chi connectivity index (χ0n) is 19.7. The molecule has 0 saturated heterocycles. The number of nitrogens with zero attached hydrogens (tertiary/aromatic N) is 2. The van der Waals surface area contributed by atoms with Crippen LogP contribution in [0.25, 0.3) is 22.3 Å². The summed E-state index contributed by atoms with van der Waals surface area (Å²) in [5, 5.41) is 1.01. The molecule has 2 aromatic heterocycles. The molecule has 0 saturated carbocycles. The van der Waals surface area contributed by atoms with E-state index in [1.165, 1.54) is 6.92 Å². The van der Waals surface area contributed by atoms with E-state index in [9.17, 15) is 14.4 Å². The molecule has 1 atom stereocenters. The molecule has 36 heavy (non-hydrogen) atoms. The first-order valence-corrected chi connectivity index (χ1v) is 12.5. The highest BCUT2D eigenvalue weighted by molar-refractivity contribution is 7.99. The minimum atomic E-state index is -1.66. The average Bonchev–Trinajstić information content (AvgIpc) is 3.25. The number of carbonyl (C=O) groups is 2. The van der Waals surface area contributed by atoms with Gasteiger partial charge >= 0.3 is 11.9 Å². The van der Waals surface area contributed by atoms with Crippen LogP contribution in [-0.2, 0) is 37.8 Å². The third-order valence-electron chi connectivity index (χ3n) is 6.79. The van der Waals surface area contributed by atoms with E-state index >= 15 is 0 Å². The maximum atomic E-state index is 13.7. The lowest BCUT2D eigenvalue weighted by Gasteiger charge is -2.35. The molecule has 180 valence electrons. The normalized spacial score (nSPS) is 17.8. The summed E-state index contributed by atoms with van der Waals surface area (Å²) in [7, 11) is 0. The average molecular weight is 499 g/mol. The molecule has 0 amide bonds. The number of para-hydroxylation sites is 1. The zero-order valence-corrected chi connectivity index (χ0v) is 20.6. The molecule has 4 heterocycles. The van der Waals surface area contributed by atoms with E-state index in [1.807, 2.05) is 42.5 Å². The quantitative estimate of drug-likeness (QED) is 0.329. The molecule has 0 bridgehead atoms. The summed E-state index contributed by atoms with van der Waals surface area (Å²) < 4.78 is 12.6. The van der Waals surface area contributed by atoms with E-state index in [2.05, 4.69) is 12.1 Å². The Morgan fingerprint density at radius 1 is 1.11 bits per heavy atom. The van der Waals surface area contributed by atoms with Gasteiger partial charge in [-0.2, -0.15) is 0 Å². The minimum absolute atomic E-state index is 0.147. The topological polar surface area (TPSA) is 87.5 Å². The minimum Gasteiger partial charge on any atom is -0.457 e. The number of fused-ring (bicyclic) bond motifs is 5. The van der Waals surface area contributed by atoms with Gasteiger partial charge in [-0.05, 0) is 30.7 Å². The lowest BCUT2D eigenvalue weighted by Crippen LogP contribution is -2.47. The fourth-order valence-electron chi connectivity index (χ4n) is 5.12. The van der Waals surface area contributed by atoms with E-state index in [4.69, 9.17) is 14.5 Å². The molecule has 8 heteroatoms. The number of rotatable bonds is 4. The largest absolute Gasteiger partial charge is 0.457 e. The van der Waals surface area contributed by atoms with Crippen LogP contribution in [0.5, 0.6) is 0 Å². The van der Waals surface area contributed by atoms with Gasteiger partial charge in [0.1, 0.15) is 6.61 Å². The molecule has 0 radical (unpaired) electrons. The van der Waals surface area contributed by atoms with Crippen LogP contribution >= 0.6 is 11.8 Å². The number of hydrogen-bond donors (Lipinski definition) is 0. The van der Waals surface area contributed by atoms with Crippen molar-refractivity contribution in [2.24, 2.45) is 0 Å². The second-order valence-electron chi connectivity index (χ2n) is 8.86. The van der Waals surface area contributed by atoms with Crippen molar-refractivity contribution >= 4 is 34.6 Å². The van der Waals surface area contributed by atoms with Gasteiger partial charge < -0.3 is 14.0 Å². The van der Waals surface area contributed by atoms with Crippen LogP contribution < -0.4 is 5.56 Å². The highest BCUT2D eigenvalue weighted by Gasteiger charge is 2.50. The van der Waals surface area contributed by atoms with Crippen LogP contribution in [-0.4, -0.2) is 21.5 Å². The molecule has 0 N–H and O–H groups in total. The van der Waals surface area contributed by atoms with E-state index in [-0.39, 0.29) is 18.6 Å². The molecule has 0 fully saturated rings. The molecular formula is C28H22N2O5S. The molecule has 0 unspecified atom stereocenters. The van der Waals surface area contributed by atoms with Gasteiger partial charge in [-0.25, -0.2) is 9.78 Å². The number of esters is 2. The number of cyclic esters (lactones) is 1. The van der Waals surface area contributed by atoms with Gasteiger partial charge in [-0.15, -0.1) is 0 Å².